The Labute approximate surface area is 115 Å². The van der Waals surface area contributed by atoms with Crippen molar-refractivity contribution < 1.29 is 0 Å². The van der Waals surface area contributed by atoms with Crippen LogP contribution in [0.2, 0.25) is 0 Å². The molecule has 0 aromatic carbocycles. The van der Waals surface area contributed by atoms with Crippen LogP contribution in [-0.4, -0.2) is 32.6 Å². The maximum Gasteiger partial charge on any atom is 0.161 e. The highest BCUT2D eigenvalue weighted by Gasteiger charge is 2.13. The predicted molar refractivity (Wildman–Crippen MR) is 74.4 cm³/mol. The van der Waals surface area contributed by atoms with Crippen LogP contribution in [0.3, 0.4) is 0 Å². The Morgan fingerprint density at radius 3 is 2.67 bits per heavy atom. The minimum atomic E-state index is 0.906. The summed E-state index contributed by atoms with van der Waals surface area (Å²) < 4.78 is 3.12. The van der Waals surface area contributed by atoms with Gasteiger partial charge in [-0.3, -0.25) is 9.30 Å². The standard InChI is InChI=1S/C13H17BrN4/c14-11-5-8-18-12(9-11)15-16-13(18)10-17-6-3-1-2-4-7-17/h5,8-9H,1-4,6-7,10H2. The third-order valence-corrected chi connectivity index (χ3v) is 4.00. The summed E-state index contributed by atoms with van der Waals surface area (Å²) in [5.41, 5.74) is 0.911. The van der Waals surface area contributed by atoms with Crippen molar-refractivity contribution in [1.82, 2.24) is 19.5 Å². The van der Waals surface area contributed by atoms with Crippen molar-refractivity contribution in [1.29, 1.82) is 0 Å². The first-order chi connectivity index (χ1) is 8.83. The van der Waals surface area contributed by atoms with Crippen LogP contribution >= 0.6 is 15.9 Å². The molecule has 3 heterocycles. The van der Waals surface area contributed by atoms with E-state index in [1.807, 2.05) is 18.3 Å². The molecule has 1 saturated heterocycles. The molecule has 0 saturated carbocycles. The number of halogens is 1. The molecule has 0 N–H and O–H groups in total. The number of fused-ring (bicyclic) bond motifs is 1. The molecule has 0 aliphatic carbocycles. The topological polar surface area (TPSA) is 33.4 Å². The van der Waals surface area contributed by atoms with E-state index in [4.69, 9.17) is 0 Å². The van der Waals surface area contributed by atoms with Gasteiger partial charge in [0.25, 0.3) is 0 Å². The number of hydrogen-bond acceptors (Lipinski definition) is 3. The predicted octanol–water partition coefficient (Wildman–Crippen LogP) is 2.87. The molecule has 0 atom stereocenters. The van der Waals surface area contributed by atoms with Gasteiger partial charge in [0.15, 0.2) is 11.5 Å². The van der Waals surface area contributed by atoms with E-state index in [9.17, 15) is 0 Å². The summed E-state index contributed by atoms with van der Waals surface area (Å²) in [6.45, 7) is 3.28. The first-order valence-corrected chi connectivity index (χ1v) is 7.34. The second-order valence-corrected chi connectivity index (χ2v) is 5.80. The van der Waals surface area contributed by atoms with Gasteiger partial charge < -0.3 is 0 Å². The lowest BCUT2D eigenvalue weighted by Crippen LogP contribution is -2.25. The highest BCUT2D eigenvalue weighted by molar-refractivity contribution is 9.10. The zero-order chi connectivity index (χ0) is 12.4. The normalized spacial score (nSPS) is 18.1. The Bertz CT molecular complexity index is 529. The van der Waals surface area contributed by atoms with Crippen LogP contribution in [0.15, 0.2) is 22.8 Å². The van der Waals surface area contributed by atoms with Crippen LogP contribution in [0.4, 0.5) is 0 Å². The molecule has 0 amide bonds. The molecule has 96 valence electrons. The molecule has 0 unspecified atom stereocenters. The van der Waals surface area contributed by atoms with E-state index >= 15 is 0 Å². The smallest absolute Gasteiger partial charge is 0.161 e. The van der Waals surface area contributed by atoms with Crippen molar-refractivity contribution >= 4 is 21.6 Å². The zero-order valence-electron chi connectivity index (χ0n) is 10.3. The van der Waals surface area contributed by atoms with Gasteiger partial charge in [-0.15, -0.1) is 10.2 Å². The Balaban J connectivity index is 1.81. The third-order valence-electron chi connectivity index (χ3n) is 3.51. The number of aromatic nitrogens is 3. The Morgan fingerprint density at radius 2 is 1.89 bits per heavy atom. The van der Waals surface area contributed by atoms with Gasteiger partial charge in [0.1, 0.15) is 0 Å². The van der Waals surface area contributed by atoms with E-state index in [2.05, 4.69) is 35.4 Å². The van der Waals surface area contributed by atoms with Crippen LogP contribution in [0.25, 0.3) is 5.65 Å². The maximum atomic E-state index is 4.31. The third kappa shape index (κ3) is 2.57. The largest absolute Gasteiger partial charge is 0.296 e. The first kappa shape index (κ1) is 12.1. The second kappa shape index (κ2) is 5.36. The van der Waals surface area contributed by atoms with Gasteiger partial charge in [0.2, 0.25) is 0 Å². The summed E-state index contributed by atoms with van der Waals surface area (Å²) >= 11 is 3.46. The average molecular weight is 309 g/mol. The molecule has 1 aliphatic rings. The van der Waals surface area contributed by atoms with E-state index in [1.54, 1.807) is 0 Å². The maximum absolute atomic E-state index is 4.31. The molecule has 5 heteroatoms. The van der Waals surface area contributed by atoms with Gasteiger partial charge in [-0.1, -0.05) is 28.8 Å². The van der Waals surface area contributed by atoms with E-state index in [-0.39, 0.29) is 0 Å². The minimum Gasteiger partial charge on any atom is -0.296 e. The number of likely N-dealkylation sites (tertiary alicyclic amines) is 1. The second-order valence-electron chi connectivity index (χ2n) is 4.88. The van der Waals surface area contributed by atoms with Crippen molar-refractivity contribution in [2.24, 2.45) is 0 Å². The molecule has 1 fully saturated rings. The van der Waals surface area contributed by atoms with Crippen molar-refractivity contribution in [2.45, 2.75) is 32.2 Å². The molecule has 2 aromatic heterocycles. The first-order valence-electron chi connectivity index (χ1n) is 6.54. The fourth-order valence-electron chi connectivity index (χ4n) is 2.52. The van der Waals surface area contributed by atoms with Crippen molar-refractivity contribution in [3.05, 3.63) is 28.6 Å². The quantitative estimate of drug-likeness (QED) is 0.855. The van der Waals surface area contributed by atoms with Gasteiger partial charge in [-0.2, -0.15) is 0 Å². The lowest BCUT2D eigenvalue weighted by molar-refractivity contribution is 0.269. The van der Waals surface area contributed by atoms with Gasteiger partial charge >= 0.3 is 0 Å². The van der Waals surface area contributed by atoms with Crippen LogP contribution in [0, 0.1) is 0 Å². The van der Waals surface area contributed by atoms with E-state index in [0.29, 0.717) is 0 Å². The fourth-order valence-corrected chi connectivity index (χ4v) is 2.84. The molecule has 4 nitrogen and oxygen atoms in total. The summed E-state index contributed by atoms with van der Waals surface area (Å²) in [7, 11) is 0. The van der Waals surface area contributed by atoms with E-state index in [0.717, 1.165) is 22.5 Å². The lowest BCUT2D eigenvalue weighted by atomic mass is 10.2. The van der Waals surface area contributed by atoms with Crippen LogP contribution in [-0.2, 0) is 6.54 Å². The van der Waals surface area contributed by atoms with Gasteiger partial charge in [-0.25, -0.2) is 0 Å². The zero-order valence-corrected chi connectivity index (χ0v) is 11.9. The number of rotatable bonds is 2. The fraction of sp³-hybridized carbons (Fsp3) is 0.538. The number of hydrogen-bond donors (Lipinski definition) is 0. The number of nitrogens with zero attached hydrogens (tertiary/aromatic N) is 4. The molecular weight excluding hydrogens is 292 g/mol. The Kier molecular flexibility index (Phi) is 3.61. The molecule has 2 aromatic rings. The molecule has 0 spiro atoms. The lowest BCUT2D eigenvalue weighted by Gasteiger charge is -2.18. The minimum absolute atomic E-state index is 0.906. The number of pyridine rings is 1. The summed E-state index contributed by atoms with van der Waals surface area (Å²) in [5.74, 6) is 1.04. The summed E-state index contributed by atoms with van der Waals surface area (Å²) in [4.78, 5) is 2.49. The van der Waals surface area contributed by atoms with Gasteiger partial charge in [0.05, 0.1) is 6.54 Å². The van der Waals surface area contributed by atoms with Crippen LogP contribution < -0.4 is 0 Å². The summed E-state index contributed by atoms with van der Waals surface area (Å²) in [6.07, 6.45) is 7.38. The molecule has 18 heavy (non-hydrogen) atoms. The molecule has 1 aliphatic heterocycles. The summed E-state index contributed by atoms with van der Waals surface area (Å²) in [5, 5.41) is 8.54. The van der Waals surface area contributed by atoms with Crippen LogP contribution in [0.5, 0.6) is 0 Å². The molecular formula is C13H17BrN4. The highest BCUT2D eigenvalue weighted by Crippen LogP contribution is 2.15. The molecule has 0 bridgehead atoms. The van der Waals surface area contributed by atoms with E-state index < -0.39 is 0 Å². The highest BCUT2D eigenvalue weighted by atomic mass is 79.9. The molecule has 0 radical (unpaired) electrons. The van der Waals surface area contributed by atoms with Crippen molar-refractivity contribution in [3.8, 4) is 0 Å². The average Bonchev–Trinajstić information content (AvgIpc) is 2.59. The Hall–Kier alpha value is -0.940. The van der Waals surface area contributed by atoms with E-state index in [1.165, 1.54) is 38.8 Å². The van der Waals surface area contributed by atoms with Gasteiger partial charge in [0, 0.05) is 10.7 Å². The van der Waals surface area contributed by atoms with Crippen molar-refractivity contribution in [3.63, 3.8) is 0 Å². The van der Waals surface area contributed by atoms with Gasteiger partial charge in [-0.05, 0) is 38.1 Å². The Morgan fingerprint density at radius 1 is 1.11 bits per heavy atom. The van der Waals surface area contributed by atoms with Crippen molar-refractivity contribution in [2.75, 3.05) is 13.1 Å². The monoisotopic (exact) mass is 308 g/mol. The van der Waals surface area contributed by atoms with Crippen LogP contribution in [0.1, 0.15) is 31.5 Å². The summed E-state index contributed by atoms with van der Waals surface area (Å²) in [6, 6.07) is 4.03. The molecule has 3 rings (SSSR count). The SMILES string of the molecule is Brc1ccn2c(CN3CCCCCC3)nnc2c1.